The highest BCUT2D eigenvalue weighted by atomic mass is 35.5. The van der Waals surface area contributed by atoms with Crippen LogP contribution in [0.25, 0.3) is 0 Å². The first-order chi connectivity index (χ1) is 11.3. The molecule has 0 aliphatic heterocycles. The molecule has 0 atom stereocenters. The Kier molecular flexibility index (Phi) is 6.18. The normalized spacial score (nSPS) is 10.3. The zero-order valence-corrected chi connectivity index (χ0v) is 15.0. The van der Waals surface area contributed by atoms with Crippen LogP contribution in [0, 0.1) is 0 Å². The van der Waals surface area contributed by atoms with Gasteiger partial charge in [0, 0.05) is 11.3 Å². The predicted molar refractivity (Wildman–Crippen MR) is 98.3 cm³/mol. The van der Waals surface area contributed by atoms with Gasteiger partial charge in [-0.15, -0.1) is 0 Å². The molecule has 0 aliphatic rings. The van der Waals surface area contributed by atoms with Crippen LogP contribution in [0.2, 0.25) is 20.1 Å². The number of hydrogen-bond acceptors (Lipinski definition) is 3. The molecule has 0 heterocycles. The molecule has 24 heavy (non-hydrogen) atoms. The quantitative estimate of drug-likeness (QED) is 0.663. The number of carbonyl (C=O) groups is 2. The van der Waals surface area contributed by atoms with Gasteiger partial charge in [0.15, 0.2) is 0 Å². The average Bonchev–Trinajstić information content (AvgIpc) is 2.52. The third-order valence-corrected chi connectivity index (χ3v) is 4.32. The van der Waals surface area contributed by atoms with Gasteiger partial charge in [0.05, 0.1) is 32.3 Å². The van der Waals surface area contributed by atoms with Crippen molar-refractivity contribution in [2.45, 2.75) is 0 Å². The zero-order valence-electron chi connectivity index (χ0n) is 12.0. The van der Waals surface area contributed by atoms with E-state index in [-0.39, 0.29) is 32.9 Å². The van der Waals surface area contributed by atoms with Crippen LogP contribution >= 0.6 is 46.4 Å². The molecule has 0 saturated heterocycles. The second-order valence-electron chi connectivity index (χ2n) is 4.71. The van der Waals surface area contributed by atoms with E-state index >= 15 is 0 Å². The summed E-state index contributed by atoms with van der Waals surface area (Å²) in [6.45, 7) is -0.251. The molecule has 0 aliphatic carbocycles. The van der Waals surface area contributed by atoms with Crippen LogP contribution in [0.3, 0.4) is 0 Å². The summed E-state index contributed by atoms with van der Waals surface area (Å²) >= 11 is 23.4. The van der Waals surface area contributed by atoms with Gasteiger partial charge < -0.3 is 16.4 Å². The Morgan fingerprint density at radius 1 is 0.917 bits per heavy atom. The monoisotopic (exact) mass is 405 g/mol. The molecule has 0 unspecified atom stereocenters. The van der Waals surface area contributed by atoms with Crippen LogP contribution in [0.1, 0.15) is 10.4 Å². The fourth-order valence-electron chi connectivity index (χ4n) is 1.76. The maximum atomic E-state index is 12.0. The lowest BCUT2D eigenvalue weighted by molar-refractivity contribution is -0.115. The van der Waals surface area contributed by atoms with E-state index in [1.165, 1.54) is 30.3 Å². The largest absolute Gasteiger partial charge is 0.396 e. The minimum absolute atomic E-state index is 0.220. The Hall–Kier alpha value is -1.66. The molecule has 0 radical (unpaired) electrons. The molecule has 0 saturated carbocycles. The Bertz CT molecular complexity index is 788. The summed E-state index contributed by atoms with van der Waals surface area (Å²) < 4.78 is 0. The highest BCUT2D eigenvalue weighted by Gasteiger charge is 2.11. The van der Waals surface area contributed by atoms with Gasteiger partial charge in [0.2, 0.25) is 5.91 Å². The minimum atomic E-state index is -0.461. The van der Waals surface area contributed by atoms with E-state index in [1.54, 1.807) is 0 Å². The Labute approximate surface area is 158 Å². The van der Waals surface area contributed by atoms with Gasteiger partial charge in [-0.25, -0.2) is 0 Å². The first kappa shape index (κ1) is 18.7. The van der Waals surface area contributed by atoms with E-state index in [2.05, 4.69) is 10.6 Å². The number of amides is 2. The van der Waals surface area contributed by atoms with Crippen molar-refractivity contribution in [3.8, 4) is 0 Å². The van der Waals surface area contributed by atoms with Crippen molar-refractivity contribution >= 4 is 69.6 Å². The maximum absolute atomic E-state index is 12.0. The molecule has 5 nitrogen and oxygen atoms in total. The zero-order chi connectivity index (χ0) is 17.9. The molecule has 126 valence electrons. The fraction of sp³-hybridized carbons (Fsp3) is 0.0667. The first-order valence-electron chi connectivity index (χ1n) is 6.55. The molecule has 2 amide bonds. The smallest absolute Gasteiger partial charge is 0.251 e. The fourth-order valence-corrected chi connectivity index (χ4v) is 2.55. The lowest BCUT2D eigenvalue weighted by atomic mass is 10.2. The van der Waals surface area contributed by atoms with Crippen LogP contribution in [-0.2, 0) is 4.79 Å². The van der Waals surface area contributed by atoms with Crippen molar-refractivity contribution in [2.24, 2.45) is 0 Å². The van der Waals surface area contributed by atoms with Gasteiger partial charge in [0.1, 0.15) is 0 Å². The number of nitrogens with one attached hydrogen (secondary N) is 2. The Morgan fingerprint density at radius 2 is 1.54 bits per heavy atom. The molecule has 2 aromatic carbocycles. The average molecular weight is 407 g/mol. The lowest BCUT2D eigenvalue weighted by Crippen LogP contribution is -2.32. The number of anilines is 2. The van der Waals surface area contributed by atoms with E-state index in [1.807, 2.05) is 0 Å². The Balaban J connectivity index is 1.95. The summed E-state index contributed by atoms with van der Waals surface area (Å²) in [5.74, 6) is -0.919. The third kappa shape index (κ3) is 4.68. The van der Waals surface area contributed by atoms with Crippen molar-refractivity contribution in [3.63, 3.8) is 0 Å². The summed E-state index contributed by atoms with van der Waals surface area (Å²) in [6.07, 6.45) is 0. The Morgan fingerprint density at radius 3 is 2.12 bits per heavy atom. The van der Waals surface area contributed by atoms with Gasteiger partial charge >= 0.3 is 0 Å². The molecule has 2 rings (SSSR count). The number of rotatable bonds is 4. The molecule has 0 bridgehead atoms. The van der Waals surface area contributed by atoms with Crippen molar-refractivity contribution in [1.82, 2.24) is 5.32 Å². The number of hydrogen-bond donors (Lipinski definition) is 3. The molecule has 4 N–H and O–H groups in total. The third-order valence-electron chi connectivity index (χ3n) is 2.95. The van der Waals surface area contributed by atoms with Gasteiger partial charge in [-0.3, -0.25) is 9.59 Å². The summed E-state index contributed by atoms with van der Waals surface area (Å²) in [5, 5.41) is 6.04. The van der Waals surface area contributed by atoms with Crippen molar-refractivity contribution in [2.75, 3.05) is 17.6 Å². The second kappa shape index (κ2) is 7.94. The van der Waals surface area contributed by atoms with Crippen molar-refractivity contribution in [1.29, 1.82) is 0 Å². The molecule has 9 heteroatoms. The number of halogens is 4. The van der Waals surface area contributed by atoms with Crippen LogP contribution in [0.4, 0.5) is 11.4 Å². The summed E-state index contributed by atoms with van der Waals surface area (Å²) in [6, 6.07) is 7.33. The number of carbonyl (C=O) groups excluding carboxylic acids is 2. The number of nitrogen functional groups attached to an aromatic ring is 1. The molecule has 0 fully saturated rings. The van der Waals surface area contributed by atoms with Crippen molar-refractivity contribution < 1.29 is 9.59 Å². The van der Waals surface area contributed by atoms with E-state index in [9.17, 15) is 9.59 Å². The second-order valence-corrected chi connectivity index (χ2v) is 6.34. The topological polar surface area (TPSA) is 84.2 Å². The van der Waals surface area contributed by atoms with Gasteiger partial charge in [-0.1, -0.05) is 46.4 Å². The summed E-state index contributed by atoms with van der Waals surface area (Å²) in [7, 11) is 0. The van der Waals surface area contributed by atoms with E-state index in [0.29, 0.717) is 10.7 Å². The van der Waals surface area contributed by atoms with Gasteiger partial charge in [0.25, 0.3) is 5.91 Å². The van der Waals surface area contributed by atoms with E-state index < -0.39 is 11.8 Å². The minimum Gasteiger partial charge on any atom is -0.396 e. The number of nitrogens with two attached hydrogens (primary N) is 1. The summed E-state index contributed by atoms with van der Waals surface area (Å²) in [5.41, 5.74) is 6.50. The molecular formula is C15H11Cl4N3O2. The predicted octanol–water partition coefficient (Wildman–Crippen LogP) is 4.25. The molecule has 2 aromatic rings. The van der Waals surface area contributed by atoms with E-state index in [0.717, 1.165) is 0 Å². The lowest BCUT2D eigenvalue weighted by Gasteiger charge is -2.09. The highest BCUT2D eigenvalue weighted by molar-refractivity contribution is 6.42. The molecular weight excluding hydrogens is 396 g/mol. The van der Waals surface area contributed by atoms with Gasteiger partial charge in [-0.2, -0.15) is 0 Å². The summed E-state index contributed by atoms with van der Waals surface area (Å²) in [4.78, 5) is 23.9. The molecule has 0 aromatic heterocycles. The van der Waals surface area contributed by atoms with Crippen molar-refractivity contribution in [3.05, 3.63) is 56.0 Å². The van der Waals surface area contributed by atoms with Gasteiger partial charge in [-0.05, 0) is 30.3 Å². The van der Waals surface area contributed by atoms with Crippen LogP contribution in [-0.4, -0.2) is 18.4 Å². The number of benzene rings is 2. The standard InChI is InChI=1S/C15H11Cl4N3O2/c16-9-2-1-7(3-10(9)17)15(24)21-6-13(23)22-8-4-11(18)14(20)12(19)5-8/h1-5H,6,20H2,(H,21,24)(H,22,23). The SMILES string of the molecule is Nc1c(Cl)cc(NC(=O)CNC(=O)c2ccc(Cl)c(Cl)c2)cc1Cl. The van der Waals surface area contributed by atoms with Crippen LogP contribution < -0.4 is 16.4 Å². The van der Waals surface area contributed by atoms with E-state index in [4.69, 9.17) is 52.1 Å². The van der Waals surface area contributed by atoms with Crippen LogP contribution in [0.5, 0.6) is 0 Å². The molecule has 0 spiro atoms. The first-order valence-corrected chi connectivity index (χ1v) is 8.06. The van der Waals surface area contributed by atoms with Crippen LogP contribution in [0.15, 0.2) is 30.3 Å². The maximum Gasteiger partial charge on any atom is 0.251 e. The highest BCUT2D eigenvalue weighted by Crippen LogP contribution is 2.31.